The van der Waals surface area contributed by atoms with Crippen molar-refractivity contribution in [1.29, 1.82) is 0 Å². The number of Topliss-reactive ketones (excluding diaryl/α,β-unsaturated/α-hetero) is 1. The Kier molecular flexibility index (Phi) is 3.87. The highest BCUT2D eigenvalue weighted by atomic mass is 35.5. The van der Waals surface area contributed by atoms with Gasteiger partial charge in [0.05, 0.1) is 5.02 Å². The second-order valence-electron chi connectivity index (χ2n) is 3.62. The SMILES string of the molecule is CC(=O)c1ccc(Sc2ccccc2)c(Cl)c1. The van der Waals surface area contributed by atoms with Crippen molar-refractivity contribution in [2.24, 2.45) is 0 Å². The van der Waals surface area contributed by atoms with Crippen LogP contribution in [0.15, 0.2) is 58.3 Å². The van der Waals surface area contributed by atoms with Crippen molar-refractivity contribution in [3.8, 4) is 0 Å². The molecular weight excluding hydrogens is 252 g/mol. The Hall–Kier alpha value is -1.25. The zero-order valence-corrected chi connectivity index (χ0v) is 10.9. The lowest BCUT2D eigenvalue weighted by atomic mass is 10.1. The molecule has 0 atom stereocenters. The van der Waals surface area contributed by atoms with Crippen LogP contribution < -0.4 is 0 Å². The number of benzene rings is 2. The maximum atomic E-state index is 11.2. The molecule has 0 amide bonds. The number of hydrogen-bond donors (Lipinski definition) is 0. The van der Waals surface area contributed by atoms with Gasteiger partial charge in [0.25, 0.3) is 0 Å². The third-order valence-corrected chi connectivity index (χ3v) is 3.82. The van der Waals surface area contributed by atoms with Crippen LogP contribution in [0.25, 0.3) is 0 Å². The van der Waals surface area contributed by atoms with Gasteiger partial charge in [-0.2, -0.15) is 0 Å². The molecule has 0 aliphatic carbocycles. The van der Waals surface area contributed by atoms with Gasteiger partial charge in [0, 0.05) is 15.4 Å². The predicted octanol–water partition coefficient (Wildman–Crippen LogP) is 4.69. The molecule has 86 valence electrons. The van der Waals surface area contributed by atoms with E-state index < -0.39 is 0 Å². The molecule has 0 bridgehead atoms. The molecule has 2 aromatic carbocycles. The molecule has 0 spiro atoms. The zero-order valence-electron chi connectivity index (χ0n) is 9.31. The Morgan fingerprint density at radius 3 is 2.41 bits per heavy atom. The summed E-state index contributed by atoms with van der Waals surface area (Å²) >= 11 is 7.74. The summed E-state index contributed by atoms with van der Waals surface area (Å²) in [5.74, 6) is 0.0307. The van der Waals surface area contributed by atoms with Crippen molar-refractivity contribution < 1.29 is 4.79 Å². The standard InChI is InChI=1S/C14H11ClOS/c1-10(16)11-7-8-14(13(15)9-11)17-12-5-3-2-4-6-12/h2-9H,1H3. The molecule has 0 fully saturated rings. The smallest absolute Gasteiger partial charge is 0.159 e. The lowest BCUT2D eigenvalue weighted by Crippen LogP contribution is -1.91. The van der Waals surface area contributed by atoms with Crippen LogP contribution in [0.4, 0.5) is 0 Å². The van der Waals surface area contributed by atoms with Crippen LogP contribution in [0.5, 0.6) is 0 Å². The van der Waals surface area contributed by atoms with Gasteiger partial charge in [-0.3, -0.25) is 4.79 Å². The van der Waals surface area contributed by atoms with Gasteiger partial charge in [-0.1, -0.05) is 47.6 Å². The minimum Gasteiger partial charge on any atom is -0.295 e. The maximum absolute atomic E-state index is 11.2. The molecule has 0 aromatic heterocycles. The molecule has 0 saturated carbocycles. The Balaban J connectivity index is 2.26. The fourth-order valence-electron chi connectivity index (χ4n) is 1.42. The first-order valence-corrected chi connectivity index (χ1v) is 6.39. The molecule has 0 heterocycles. The van der Waals surface area contributed by atoms with E-state index in [1.165, 1.54) is 6.92 Å². The zero-order chi connectivity index (χ0) is 12.3. The highest BCUT2D eigenvalue weighted by Gasteiger charge is 2.06. The third-order valence-electron chi connectivity index (χ3n) is 2.31. The summed E-state index contributed by atoms with van der Waals surface area (Å²) in [5, 5.41) is 0.617. The van der Waals surface area contributed by atoms with E-state index in [2.05, 4.69) is 0 Å². The largest absolute Gasteiger partial charge is 0.295 e. The summed E-state index contributed by atoms with van der Waals surface area (Å²) in [6.07, 6.45) is 0. The Morgan fingerprint density at radius 1 is 1.12 bits per heavy atom. The Morgan fingerprint density at radius 2 is 1.82 bits per heavy atom. The molecule has 17 heavy (non-hydrogen) atoms. The number of carbonyl (C=O) groups excluding carboxylic acids is 1. The molecule has 0 radical (unpaired) electrons. The number of ketones is 1. The first-order chi connectivity index (χ1) is 8.16. The molecule has 0 aliphatic heterocycles. The molecule has 0 aliphatic rings. The summed E-state index contributed by atoms with van der Waals surface area (Å²) in [7, 11) is 0. The van der Waals surface area contributed by atoms with Gasteiger partial charge in [0.15, 0.2) is 5.78 Å². The summed E-state index contributed by atoms with van der Waals surface area (Å²) in [4.78, 5) is 13.3. The van der Waals surface area contributed by atoms with E-state index in [1.54, 1.807) is 23.9 Å². The quantitative estimate of drug-likeness (QED) is 0.746. The van der Waals surface area contributed by atoms with Gasteiger partial charge in [-0.25, -0.2) is 0 Å². The average Bonchev–Trinajstić information content (AvgIpc) is 2.33. The molecule has 0 unspecified atom stereocenters. The Bertz CT molecular complexity index is 537. The van der Waals surface area contributed by atoms with Gasteiger partial charge in [0.1, 0.15) is 0 Å². The fourth-order valence-corrected chi connectivity index (χ4v) is 2.55. The minimum atomic E-state index is 0.0307. The van der Waals surface area contributed by atoms with E-state index in [0.29, 0.717) is 10.6 Å². The van der Waals surface area contributed by atoms with Crippen LogP contribution in [0.3, 0.4) is 0 Å². The second-order valence-corrected chi connectivity index (χ2v) is 5.14. The summed E-state index contributed by atoms with van der Waals surface area (Å²) in [5.41, 5.74) is 0.646. The summed E-state index contributed by atoms with van der Waals surface area (Å²) in [6.45, 7) is 1.54. The van der Waals surface area contributed by atoms with Crippen LogP contribution >= 0.6 is 23.4 Å². The van der Waals surface area contributed by atoms with Crippen LogP contribution in [-0.4, -0.2) is 5.78 Å². The molecular formula is C14H11ClOS. The lowest BCUT2D eigenvalue weighted by molar-refractivity contribution is 0.101. The van der Waals surface area contributed by atoms with E-state index >= 15 is 0 Å². The molecule has 2 rings (SSSR count). The summed E-state index contributed by atoms with van der Waals surface area (Å²) < 4.78 is 0. The number of halogens is 1. The molecule has 0 N–H and O–H groups in total. The molecule has 1 nitrogen and oxygen atoms in total. The van der Waals surface area contributed by atoms with Gasteiger partial charge < -0.3 is 0 Å². The van der Waals surface area contributed by atoms with E-state index in [0.717, 1.165) is 9.79 Å². The maximum Gasteiger partial charge on any atom is 0.159 e. The third kappa shape index (κ3) is 3.11. The van der Waals surface area contributed by atoms with Gasteiger partial charge in [-0.05, 0) is 31.2 Å². The van der Waals surface area contributed by atoms with E-state index in [-0.39, 0.29) is 5.78 Å². The lowest BCUT2D eigenvalue weighted by Gasteiger charge is -2.05. The van der Waals surface area contributed by atoms with E-state index in [4.69, 9.17) is 11.6 Å². The van der Waals surface area contributed by atoms with Crippen molar-refractivity contribution >= 4 is 29.1 Å². The van der Waals surface area contributed by atoms with Crippen molar-refractivity contribution in [3.63, 3.8) is 0 Å². The first-order valence-electron chi connectivity index (χ1n) is 5.20. The second kappa shape index (κ2) is 5.39. The van der Waals surface area contributed by atoms with Gasteiger partial charge in [0.2, 0.25) is 0 Å². The molecule has 2 aromatic rings. The van der Waals surface area contributed by atoms with Crippen LogP contribution in [0.2, 0.25) is 5.02 Å². The number of rotatable bonds is 3. The van der Waals surface area contributed by atoms with Crippen molar-refractivity contribution in [3.05, 3.63) is 59.1 Å². The van der Waals surface area contributed by atoms with E-state index in [1.807, 2.05) is 36.4 Å². The van der Waals surface area contributed by atoms with Crippen molar-refractivity contribution in [2.45, 2.75) is 16.7 Å². The highest BCUT2D eigenvalue weighted by Crippen LogP contribution is 2.33. The fraction of sp³-hybridized carbons (Fsp3) is 0.0714. The normalized spacial score (nSPS) is 10.2. The monoisotopic (exact) mass is 262 g/mol. The van der Waals surface area contributed by atoms with E-state index in [9.17, 15) is 4.79 Å². The van der Waals surface area contributed by atoms with Crippen molar-refractivity contribution in [1.82, 2.24) is 0 Å². The Labute approximate surface area is 110 Å². The minimum absolute atomic E-state index is 0.0307. The van der Waals surface area contributed by atoms with Crippen LogP contribution in [-0.2, 0) is 0 Å². The first kappa shape index (κ1) is 12.2. The van der Waals surface area contributed by atoms with Crippen LogP contribution in [0.1, 0.15) is 17.3 Å². The predicted molar refractivity (Wildman–Crippen MR) is 72.0 cm³/mol. The molecule has 3 heteroatoms. The van der Waals surface area contributed by atoms with Gasteiger partial charge in [-0.15, -0.1) is 0 Å². The number of hydrogen-bond acceptors (Lipinski definition) is 2. The molecule has 0 saturated heterocycles. The van der Waals surface area contributed by atoms with Crippen LogP contribution in [0, 0.1) is 0 Å². The van der Waals surface area contributed by atoms with Gasteiger partial charge >= 0.3 is 0 Å². The number of carbonyl (C=O) groups is 1. The topological polar surface area (TPSA) is 17.1 Å². The summed E-state index contributed by atoms with van der Waals surface area (Å²) in [6, 6.07) is 15.4. The highest BCUT2D eigenvalue weighted by molar-refractivity contribution is 7.99. The van der Waals surface area contributed by atoms with Crippen molar-refractivity contribution in [2.75, 3.05) is 0 Å². The average molecular weight is 263 g/mol.